The van der Waals surface area contributed by atoms with Gasteiger partial charge in [-0.05, 0) is 60.5 Å². The summed E-state index contributed by atoms with van der Waals surface area (Å²) in [4.78, 5) is 15.0. The quantitative estimate of drug-likeness (QED) is 0.647. The topological polar surface area (TPSA) is 63.9 Å². The molecule has 0 saturated carbocycles. The Morgan fingerprint density at radius 3 is 2.89 bits per heavy atom. The lowest BCUT2D eigenvalue weighted by Gasteiger charge is -2.25. The minimum atomic E-state index is -0.392. The first-order valence-electron chi connectivity index (χ1n) is 8.66. The molecular weight excluding hydrogens is 365 g/mol. The highest BCUT2D eigenvalue weighted by Crippen LogP contribution is 2.34. The molecule has 8 heteroatoms. The van der Waals surface area contributed by atoms with Gasteiger partial charge in [0.2, 0.25) is 11.1 Å². The van der Waals surface area contributed by atoms with Crippen molar-refractivity contribution in [2.75, 3.05) is 4.90 Å². The third kappa shape index (κ3) is 3.32. The normalized spacial score (nSPS) is 17.0. The SMILES string of the molecule is C[C@H](Sc1nnnn1-c1cccc(F)c1)C(=O)N1c2ccccc2C[C@@H]1C. The van der Waals surface area contributed by atoms with Crippen molar-refractivity contribution in [1.29, 1.82) is 0 Å². The van der Waals surface area contributed by atoms with Gasteiger partial charge in [-0.2, -0.15) is 4.68 Å². The van der Waals surface area contributed by atoms with Gasteiger partial charge < -0.3 is 4.90 Å². The lowest BCUT2D eigenvalue weighted by Crippen LogP contribution is -2.40. The average molecular weight is 383 g/mol. The van der Waals surface area contributed by atoms with Crippen molar-refractivity contribution in [2.24, 2.45) is 0 Å². The largest absolute Gasteiger partial charge is 0.308 e. The summed E-state index contributed by atoms with van der Waals surface area (Å²) in [6, 6.07) is 14.1. The van der Waals surface area contributed by atoms with Crippen LogP contribution in [0.4, 0.5) is 10.1 Å². The molecule has 0 bridgehead atoms. The lowest BCUT2D eigenvalue weighted by atomic mass is 10.1. The zero-order chi connectivity index (χ0) is 19.0. The van der Waals surface area contributed by atoms with Crippen LogP contribution >= 0.6 is 11.8 Å². The number of rotatable bonds is 4. The van der Waals surface area contributed by atoms with Gasteiger partial charge >= 0.3 is 0 Å². The van der Waals surface area contributed by atoms with Gasteiger partial charge in [0.25, 0.3) is 0 Å². The lowest BCUT2D eigenvalue weighted by molar-refractivity contribution is -0.118. The number of hydrogen-bond acceptors (Lipinski definition) is 5. The Hall–Kier alpha value is -2.74. The summed E-state index contributed by atoms with van der Waals surface area (Å²) >= 11 is 1.26. The summed E-state index contributed by atoms with van der Waals surface area (Å²) in [6.07, 6.45) is 0.848. The number of fused-ring (bicyclic) bond motifs is 1. The van der Waals surface area contributed by atoms with Crippen LogP contribution in [0.15, 0.2) is 53.7 Å². The molecule has 1 aliphatic rings. The van der Waals surface area contributed by atoms with E-state index in [1.807, 2.05) is 36.9 Å². The first-order valence-corrected chi connectivity index (χ1v) is 9.54. The van der Waals surface area contributed by atoms with E-state index in [9.17, 15) is 9.18 Å². The minimum Gasteiger partial charge on any atom is -0.308 e. The van der Waals surface area contributed by atoms with Crippen LogP contribution in [0.25, 0.3) is 5.69 Å². The smallest absolute Gasteiger partial charge is 0.240 e. The summed E-state index contributed by atoms with van der Waals surface area (Å²) in [6.45, 7) is 3.89. The van der Waals surface area contributed by atoms with E-state index in [0.29, 0.717) is 10.8 Å². The van der Waals surface area contributed by atoms with Gasteiger partial charge in [0, 0.05) is 11.7 Å². The van der Waals surface area contributed by atoms with Gasteiger partial charge in [-0.1, -0.05) is 36.0 Å². The number of carbonyl (C=O) groups is 1. The zero-order valence-corrected chi connectivity index (χ0v) is 15.7. The second kappa shape index (κ2) is 7.11. The number of carbonyl (C=O) groups excluding carboxylic acids is 1. The maximum Gasteiger partial charge on any atom is 0.240 e. The fourth-order valence-electron chi connectivity index (χ4n) is 3.33. The molecule has 1 aliphatic heterocycles. The third-order valence-corrected chi connectivity index (χ3v) is 5.59. The number of amides is 1. The predicted octanol–water partition coefficient (Wildman–Crippen LogP) is 3.26. The molecule has 0 aliphatic carbocycles. The van der Waals surface area contributed by atoms with Gasteiger partial charge in [-0.25, -0.2) is 4.39 Å². The van der Waals surface area contributed by atoms with Gasteiger partial charge in [-0.15, -0.1) is 5.10 Å². The van der Waals surface area contributed by atoms with Crippen molar-refractivity contribution in [3.63, 3.8) is 0 Å². The molecule has 0 spiro atoms. The number of para-hydroxylation sites is 1. The molecule has 2 atom stereocenters. The molecule has 138 valence electrons. The highest BCUT2D eigenvalue weighted by atomic mass is 32.2. The van der Waals surface area contributed by atoms with E-state index >= 15 is 0 Å². The Morgan fingerprint density at radius 1 is 1.26 bits per heavy atom. The number of hydrogen-bond donors (Lipinski definition) is 0. The van der Waals surface area contributed by atoms with E-state index in [0.717, 1.165) is 12.1 Å². The van der Waals surface area contributed by atoms with Crippen LogP contribution in [-0.4, -0.2) is 37.4 Å². The van der Waals surface area contributed by atoms with Crippen molar-refractivity contribution < 1.29 is 9.18 Å². The molecule has 2 heterocycles. The summed E-state index contributed by atoms with van der Waals surface area (Å²) in [5, 5.41) is 11.7. The highest BCUT2D eigenvalue weighted by molar-refractivity contribution is 8.00. The van der Waals surface area contributed by atoms with Crippen LogP contribution in [0.5, 0.6) is 0 Å². The Morgan fingerprint density at radius 2 is 2.07 bits per heavy atom. The molecule has 0 N–H and O–H groups in total. The molecule has 1 amide bonds. The maximum absolute atomic E-state index is 13.5. The first kappa shape index (κ1) is 17.7. The summed E-state index contributed by atoms with van der Waals surface area (Å²) in [5.41, 5.74) is 2.66. The first-order chi connectivity index (χ1) is 13.0. The average Bonchev–Trinajstić information content (AvgIpc) is 3.24. The van der Waals surface area contributed by atoms with Gasteiger partial charge in [-0.3, -0.25) is 4.79 Å². The molecule has 1 aromatic heterocycles. The monoisotopic (exact) mass is 383 g/mol. The van der Waals surface area contributed by atoms with Crippen LogP contribution in [0.3, 0.4) is 0 Å². The number of halogens is 1. The Labute approximate surface area is 160 Å². The summed E-state index contributed by atoms with van der Waals surface area (Å²) in [5.74, 6) is -0.364. The predicted molar refractivity (Wildman–Crippen MR) is 102 cm³/mol. The van der Waals surface area contributed by atoms with Crippen molar-refractivity contribution in [3.8, 4) is 5.69 Å². The van der Waals surface area contributed by atoms with Crippen molar-refractivity contribution in [1.82, 2.24) is 20.2 Å². The van der Waals surface area contributed by atoms with Crippen molar-refractivity contribution >= 4 is 23.4 Å². The van der Waals surface area contributed by atoms with Gasteiger partial charge in [0.1, 0.15) is 5.82 Å². The molecule has 27 heavy (non-hydrogen) atoms. The van der Waals surface area contributed by atoms with Crippen molar-refractivity contribution in [2.45, 2.75) is 36.7 Å². The van der Waals surface area contributed by atoms with Crippen LogP contribution in [-0.2, 0) is 11.2 Å². The fraction of sp³-hybridized carbons (Fsp3) is 0.263. The van der Waals surface area contributed by atoms with Gasteiger partial charge in [0.15, 0.2) is 0 Å². The van der Waals surface area contributed by atoms with Crippen molar-refractivity contribution in [3.05, 3.63) is 59.9 Å². The minimum absolute atomic E-state index is 0.00578. The summed E-state index contributed by atoms with van der Waals surface area (Å²) < 4.78 is 15.0. The molecule has 0 unspecified atom stereocenters. The zero-order valence-electron chi connectivity index (χ0n) is 14.9. The Balaban J connectivity index is 1.56. The van der Waals surface area contributed by atoms with E-state index in [-0.39, 0.29) is 17.8 Å². The molecule has 3 aromatic rings. The number of anilines is 1. The Bertz CT molecular complexity index is 991. The van der Waals surface area contributed by atoms with E-state index in [1.165, 1.54) is 34.1 Å². The maximum atomic E-state index is 13.5. The fourth-order valence-corrected chi connectivity index (χ4v) is 4.18. The number of aromatic nitrogens is 4. The van der Waals surface area contributed by atoms with E-state index in [1.54, 1.807) is 12.1 Å². The number of nitrogens with zero attached hydrogens (tertiary/aromatic N) is 5. The van der Waals surface area contributed by atoms with Crippen LogP contribution < -0.4 is 4.90 Å². The Kier molecular flexibility index (Phi) is 4.65. The van der Waals surface area contributed by atoms with Crippen LogP contribution in [0.2, 0.25) is 0 Å². The summed E-state index contributed by atoms with van der Waals surface area (Å²) in [7, 11) is 0. The van der Waals surface area contributed by atoms with Gasteiger partial charge in [0.05, 0.1) is 10.9 Å². The number of tetrazole rings is 1. The molecular formula is C19H18FN5OS. The molecule has 2 aromatic carbocycles. The van der Waals surface area contributed by atoms with E-state index < -0.39 is 5.25 Å². The third-order valence-electron chi connectivity index (χ3n) is 4.57. The molecule has 0 fully saturated rings. The van der Waals surface area contributed by atoms with E-state index in [4.69, 9.17) is 0 Å². The number of thioether (sulfide) groups is 1. The second-order valence-electron chi connectivity index (χ2n) is 6.50. The highest BCUT2D eigenvalue weighted by Gasteiger charge is 2.34. The molecule has 0 saturated heterocycles. The number of benzene rings is 2. The van der Waals surface area contributed by atoms with Crippen LogP contribution in [0.1, 0.15) is 19.4 Å². The van der Waals surface area contributed by atoms with Crippen LogP contribution in [0, 0.1) is 5.82 Å². The molecule has 4 rings (SSSR count). The molecule has 0 radical (unpaired) electrons. The molecule has 6 nitrogen and oxygen atoms in total. The second-order valence-corrected chi connectivity index (χ2v) is 7.81. The standard InChI is InChI=1S/C19H18FN5OS/c1-12-10-14-6-3-4-9-17(14)24(12)18(26)13(2)27-19-21-22-23-25(19)16-8-5-7-15(20)11-16/h3-9,11-13H,10H2,1-2H3/t12-,13-/m0/s1. The van der Waals surface area contributed by atoms with E-state index in [2.05, 4.69) is 21.6 Å².